The minimum absolute atomic E-state index is 0.150. The predicted molar refractivity (Wildman–Crippen MR) is 55.9 cm³/mol. The molecule has 1 rings (SSSR count). The van der Waals surface area contributed by atoms with Crippen molar-refractivity contribution in [2.75, 3.05) is 18.1 Å². The number of nitrogens with one attached hydrogen (secondary N) is 2. The molecule has 0 aromatic heterocycles. The third kappa shape index (κ3) is 4.39. The quantitative estimate of drug-likeness (QED) is 0.512. The Hall–Kier alpha value is -0.950. The summed E-state index contributed by atoms with van der Waals surface area (Å²) in [4.78, 5) is 21.4. The highest BCUT2D eigenvalue weighted by atomic mass is 32.2. The van der Waals surface area contributed by atoms with E-state index in [9.17, 15) is 9.59 Å². The number of aliphatic carboxylic acids is 1. The monoisotopic (exact) mass is 234 g/mol. The van der Waals surface area contributed by atoms with Crippen LogP contribution in [0.4, 0.5) is 4.79 Å². The molecule has 1 saturated heterocycles. The van der Waals surface area contributed by atoms with Crippen molar-refractivity contribution < 1.29 is 19.8 Å². The summed E-state index contributed by atoms with van der Waals surface area (Å²) < 4.78 is 0. The number of aliphatic hydroxyl groups is 1. The molecule has 0 spiro atoms. The van der Waals surface area contributed by atoms with Crippen molar-refractivity contribution in [1.82, 2.24) is 10.6 Å². The van der Waals surface area contributed by atoms with E-state index in [1.807, 2.05) is 0 Å². The van der Waals surface area contributed by atoms with Crippen LogP contribution in [0.25, 0.3) is 0 Å². The van der Waals surface area contributed by atoms with Gasteiger partial charge in [0, 0.05) is 11.8 Å². The molecule has 2 atom stereocenters. The Kier molecular flexibility index (Phi) is 4.70. The van der Waals surface area contributed by atoms with Gasteiger partial charge in [0.1, 0.15) is 0 Å². The third-order valence-corrected chi connectivity index (χ3v) is 3.17. The molecule has 1 unspecified atom stereocenters. The van der Waals surface area contributed by atoms with Crippen LogP contribution in [0, 0.1) is 0 Å². The molecule has 1 aliphatic rings. The smallest absolute Gasteiger partial charge is 0.334 e. The van der Waals surface area contributed by atoms with E-state index >= 15 is 0 Å². The van der Waals surface area contributed by atoms with Gasteiger partial charge in [0.15, 0.2) is 6.10 Å². The molecule has 2 amide bonds. The van der Waals surface area contributed by atoms with Crippen molar-refractivity contribution in [2.45, 2.75) is 18.6 Å². The van der Waals surface area contributed by atoms with Gasteiger partial charge in [0.05, 0.1) is 6.54 Å². The van der Waals surface area contributed by atoms with Gasteiger partial charge in [-0.25, -0.2) is 9.59 Å². The van der Waals surface area contributed by atoms with E-state index in [-0.39, 0.29) is 12.6 Å². The summed E-state index contributed by atoms with van der Waals surface area (Å²) in [7, 11) is 0. The van der Waals surface area contributed by atoms with Crippen molar-refractivity contribution in [3.05, 3.63) is 0 Å². The lowest BCUT2D eigenvalue weighted by Gasteiger charge is -2.13. The molecule has 6 nitrogen and oxygen atoms in total. The van der Waals surface area contributed by atoms with E-state index in [4.69, 9.17) is 10.2 Å². The molecule has 1 fully saturated rings. The standard InChI is InChI=1S/C8H14N2O4S/c11-6(7(12)13)3-9-8(14)10-5-1-2-15-4-5/h5-6,11H,1-4H2,(H,12,13)(H2,9,10,14)/t5?,6-/m0/s1. The van der Waals surface area contributed by atoms with Gasteiger partial charge in [-0.15, -0.1) is 0 Å². The van der Waals surface area contributed by atoms with E-state index in [1.165, 1.54) is 0 Å². The zero-order valence-electron chi connectivity index (χ0n) is 8.10. The van der Waals surface area contributed by atoms with E-state index < -0.39 is 18.1 Å². The van der Waals surface area contributed by atoms with Crippen molar-refractivity contribution in [1.29, 1.82) is 0 Å². The highest BCUT2D eigenvalue weighted by Gasteiger charge is 2.19. The number of urea groups is 1. The van der Waals surface area contributed by atoms with Gasteiger partial charge in [-0.1, -0.05) is 0 Å². The van der Waals surface area contributed by atoms with Crippen LogP contribution in [0.3, 0.4) is 0 Å². The lowest BCUT2D eigenvalue weighted by Crippen LogP contribution is -2.45. The van der Waals surface area contributed by atoms with E-state index in [1.54, 1.807) is 11.8 Å². The van der Waals surface area contributed by atoms with Gasteiger partial charge in [-0.2, -0.15) is 11.8 Å². The second-order valence-corrected chi connectivity index (χ2v) is 4.42. The van der Waals surface area contributed by atoms with Crippen LogP contribution in [0.2, 0.25) is 0 Å². The van der Waals surface area contributed by atoms with Gasteiger partial charge in [-0.05, 0) is 12.2 Å². The molecule has 7 heteroatoms. The summed E-state index contributed by atoms with van der Waals surface area (Å²) in [5, 5.41) is 22.2. The Morgan fingerprint density at radius 3 is 2.80 bits per heavy atom. The van der Waals surface area contributed by atoms with Crippen LogP contribution in [-0.2, 0) is 4.79 Å². The average molecular weight is 234 g/mol. The number of rotatable bonds is 4. The highest BCUT2D eigenvalue weighted by molar-refractivity contribution is 7.99. The van der Waals surface area contributed by atoms with Gasteiger partial charge >= 0.3 is 12.0 Å². The summed E-state index contributed by atoms with van der Waals surface area (Å²) >= 11 is 1.77. The minimum Gasteiger partial charge on any atom is -0.479 e. The third-order valence-electron chi connectivity index (χ3n) is 2.01. The fourth-order valence-corrected chi connectivity index (χ4v) is 2.31. The Bertz CT molecular complexity index is 243. The maximum absolute atomic E-state index is 11.2. The topological polar surface area (TPSA) is 98.7 Å². The first-order valence-electron chi connectivity index (χ1n) is 4.62. The predicted octanol–water partition coefficient (Wildman–Crippen LogP) is -0.763. The number of carbonyl (C=O) groups is 2. The second-order valence-electron chi connectivity index (χ2n) is 3.27. The molecular weight excluding hydrogens is 220 g/mol. The molecule has 15 heavy (non-hydrogen) atoms. The average Bonchev–Trinajstić information content (AvgIpc) is 2.66. The number of thioether (sulfide) groups is 1. The number of hydrogen-bond donors (Lipinski definition) is 4. The minimum atomic E-state index is -1.55. The van der Waals surface area contributed by atoms with Crippen LogP contribution in [-0.4, -0.2) is 52.4 Å². The van der Waals surface area contributed by atoms with E-state index in [0.717, 1.165) is 17.9 Å². The zero-order valence-corrected chi connectivity index (χ0v) is 8.92. The maximum atomic E-state index is 11.2. The SMILES string of the molecule is O=C(NC[C@H](O)C(=O)O)NC1CCSC1. The normalized spacial score (nSPS) is 22.1. The summed E-state index contributed by atoms with van der Waals surface area (Å²) in [6.45, 7) is -0.277. The number of carbonyl (C=O) groups excluding carboxylic acids is 1. The van der Waals surface area contributed by atoms with Crippen molar-refractivity contribution >= 4 is 23.8 Å². The fraction of sp³-hybridized carbons (Fsp3) is 0.750. The summed E-state index contributed by atoms with van der Waals surface area (Å²) in [5.74, 6) is 0.573. The summed E-state index contributed by atoms with van der Waals surface area (Å²) in [6.07, 6.45) is -0.617. The maximum Gasteiger partial charge on any atom is 0.334 e. The molecule has 1 aliphatic heterocycles. The second kappa shape index (κ2) is 5.82. The number of carboxylic acid groups (broad SMARTS) is 1. The van der Waals surface area contributed by atoms with Gasteiger partial charge in [0.25, 0.3) is 0 Å². The van der Waals surface area contributed by atoms with Crippen molar-refractivity contribution in [3.63, 3.8) is 0 Å². The van der Waals surface area contributed by atoms with Crippen LogP contribution in [0.15, 0.2) is 0 Å². The lowest BCUT2D eigenvalue weighted by molar-refractivity contribution is -0.146. The van der Waals surface area contributed by atoms with Crippen LogP contribution in [0.1, 0.15) is 6.42 Å². The van der Waals surface area contributed by atoms with Gasteiger partial charge < -0.3 is 20.8 Å². The van der Waals surface area contributed by atoms with Crippen molar-refractivity contribution in [3.8, 4) is 0 Å². The van der Waals surface area contributed by atoms with Gasteiger partial charge in [-0.3, -0.25) is 0 Å². The Morgan fingerprint density at radius 1 is 1.53 bits per heavy atom. The molecule has 0 aromatic rings. The first-order chi connectivity index (χ1) is 7.09. The molecule has 0 aromatic carbocycles. The molecule has 0 aliphatic carbocycles. The number of hydrogen-bond acceptors (Lipinski definition) is 4. The number of carboxylic acids is 1. The first kappa shape index (κ1) is 12.1. The molecular formula is C8H14N2O4S. The van der Waals surface area contributed by atoms with E-state index in [2.05, 4.69) is 10.6 Å². The van der Waals surface area contributed by atoms with Crippen LogP contribution < -0.4 is 10.6 Å². The van der Waals surface area contributed by atoms with Crippen LogP contribution in [0.5, 0.6) is 0 Å². The molecule has 4 N–H and O–H groups in total. The van der Waals surface area contributed by atoms with E-state index in [0.29, 0.717) is 0 Å². The largest absolute Gasteiger partial charge is 0.479 e. The van der Waals surface area contributed by atoms with Crippen molar-refractivity contribution in [2.24, 2.45) is 0 Å². The number of aliphatic hydroxyl groups excluding tert-OH is 1. The highest BCUT2D eigenvalue weighted by Crippen LogP contribution is 2.16. The molecule has 0 radical (unpaired) electrons. The summed E-state index contributed by atoms with van der Waals surface area (Å²) in [5.41, 5.74) is 0. The number of amides is 2. The fourth-order valence-electron chi connectivity index (χ4n) is 1.16. The molecule has 0 saturated carbocycles. The molecule has 86 valence electrons. The lowest BCUT2D eigenvalue weighted by atomic mass is 10.3. The molecule has 0 bridgehead atoms. The first-order valence-corrected chi connectivity index (χ1v) is 5.78. The zero-order chi connectivity index (χ0) is 11.3. The molecule has 1 heterocycles. The summed E-state index contributed by atoms with van der Waals surface area (Å²) in [6, 6.07) is -0.278. The Labute approximate surface area is 91.4 Å². The Balaban J connectivity index is 2.15. The van der Waals surface area contributed by atoms with Gasteiger partial charge in [0.2, 0.25) is 0 Å². The Morgan fingerprint density at radius 2 is 2.27 bits per heavy atom. The van der Waals surface area contributed by atoms with Crippen LogP contribution >= 0.6 is 11.8 Å².